The molecule has 0 bridgehead atoms. The highest BCUT2D eigenvalue weighted by Gasteiger charge is 2.27. The Morgan fingerprint density at radius 3 is 2.58 bits per heavy atom. The maximum atomic E-state index is 13.1. The van der Waals surface area contributed by atoms with Crippen LogP contribution >= 0.6 is 0 Å². The van der Waals surface area contributed by atoms with Gasteiger partial charge < -0.3 is 14.2 Å². The van der Waals surface area contributed by atoms with Crippen molar-refractivity contribution in [2.45, 2.75) is 13.0 Å². The lowest BCUT2D eigenvalue weighted by Gasteiger charge is -2.26. The SMILES string of the molecule is COc1ccc(C(=O)N2CCc3c(noc3-c3ccc(F)cc3)C2)cc1. The third-order valence-corrected chi connectivity index (χ3v) is 4.57. The van der Waals surface area contributed by atoms with Crippen LogP contribution in [0.15, 0.2) is 53.1 Å². The highest BCUT2D eigenvalue weighted by molar-refractivity contribution is 5.94. The number of carbonyl (C=O) groups excluding carboxylic acids is 1. The Morgan fingerprint density at radius 1 is 1.15 bits per heavy atom. The Bertz CT molecular complexity index is 933. The predicted octanol–water partition coefficient (Wildman–Crippen LogP) is 3.69. The van der Waals surface area contributed by atoms with Crippen molar-refractivity contribution in [3.63, 3.8) is 0 Å². The minimum absolute atomic E-state index is 0.0513. The zero-order valence-corrected chi connectivity index (χ0v) is 14.2. The number of nitrogens with zero attached hydrogens (tertiary/aromatic N) is 2. The lowest BCUT2D eigenvalue weighted by atomic mass is 10.00. The molecule has 6 heteroatoms. The van der Waals surface area contributed by atoms with E-state index in [1.807, 2.05) is 0 Å². The van der Waals surface area contributed by atoms with Crippen molar-refractivity contribution < 1.29 is 18.4 Å². The maximum absolute atomic E-state index is 13.1. The molecule has 0 radical (unpaired) electrons. The van der Waals surface area contributed by atoms with E-state index in [-0.39, 0.29) is 11.7 Å². The Labute approximate surface area is 150 Å². The van der Waals surface area contributed by atoms with Gasteiger partial charge in [-0.3, -0.25) is 4.79 Å². The van der Waals surface area contributed by atoms with Gasteiger partial charge in [0.25, 0.3) is 5.91 Å². The first kappa shape index (κ1) is 16.3. The first-order valence-electron chi connectivity index (χ1n) is 8.32. The monoisotopic (exact) mass is 352 g/mol. The van der Waals surface area contributed by atoms with Crippen LogP contribution in [0.5, 0.6) is 5.75 Å². The molecule has 2 heterocycles. The largest absolute Gasteiger partial charge is 0.497 e. The van der Waals surface area contributed by atoms with Gasteiger partial charge in [-0.15, -0.1) is 0 Å². The zero-order chi connectivity index (χ0) is 18.1. The summed E-state index contributed by atoms with van der Waals surface area (Å²) in [6.45, 7) is 0.970. The molecule has 0 aliphatic carbocycles. The molecular weight excluding hydrogens is 335 g/mol. The molecule has 132 valence electrons. The predicted molar refractivity (Wildman–Crippen MR) is 93.3 cm³/mol. The number of rotatable bonds is 3. The molecule has 0 saturated heterocycles. The van der Waals surface area contributed by atoms with Crippen molar-refractivity contribution in [1.29, 1.82) is 0 Å². The highest BCUT2D eigenvalue weighted by atomic mass is 19.1. The molecule has 0 N–H and O–H groups in total. The fourth-order valence-electron chi connectivity index (χ4n) is 3.15. The van der Waals surface area contributed by atoms with E-state index in [9.17, 15) is 9.18 Å². The van der Waals surface area contributed by atoms with Gasteiger partial charge in [0.2, 0.25) is 0 Å². The molecule has 0 atom stereocenters. The van der Waals surface area contributed by atoms with Crippen LogP contribution in [0.3, 0.4) is 0 Å². The molecule has 1 aliphatic heterocycles. The number of hydrogen-bond acceptors (Lipinski definition) is 4. The van der Waals surface area contributed by atoms with Crippen LogP contribution in [0.25, 0.3) is 11.3 Å². The van der Waals surface area contributed by atoms with E-state index in [0.717, 1.165) is 16.8 Å². The fourth-order valence-corrected chi connectivity index (χ4v) is 3.15. The summed E-state index contributed by atoms with van der Waals surface area (Å²) >= 11 is 0. The second kappa shape index (κ2) is 6.63. The summed E-state index contributed by atoms with van der Waals surface area (Å²) in [7, 11) is 1.59. The fraction of sp³-hybridized carbons (Fsp3) is 0.200. The van der Waals surface area contributed by atoms with Crippen LogP contribution in [0.2, 0.25) is 0 Å². The van der Waals surface area contributed by atoms with Crippen molar-refractivity contribution in [3.8, 4) is 17.1 Å². The van der Waals surface area contributed by atoms with Gasteiger partial charge in [-0.05, 0) is 55.0 Å². The summed E-state index contributed by atoms with van der Waals surface area (Å²) in [5, 5.41) is 4.13. The first-order valence-corrected chi connectivity index (χ1v) is 8.32. The number of ether oxygens (including phenoxy) is 1. The number of aromatic nitrogens is 1. The van der Waals surface area contributed by atoms with Gasteiger partial charge in [-0.25, -0.2) is 4.39 Å². The minimum Gasteiger partial charge on any atom is -0.497 e. The average molecular weight is 352 g/mol. The average Bonchev–Trinajstić information content (AvgIpc) is 3.11. The van der Waals surface area contributed by atoms with Crippen LogP contribution in [0, 0.1) is 5.82 Å². The molecule has 0 unspecified atom stereocenters. The van der Waals surface area contributed by atoms with E-state index in [2.05, 4.69) is 5.16 Å². The van der Waals surface area contributed by atoms with Crippen LogP contribution < -0.4 is 4.74 Å². The van der Waals surface area contributed by atoms with Crippen LogP contribution in [0.4, 0.5) is 4.39 Å². The Hall–Kier alpha value is -3.15. The summed E-state index contributed by atoms with van der Waals surface area (Å²) in [5.41, 5.74) is 3.12. The number of fused-ring (bicyclic) bond motifs is 1. The molecule has 4 rings (SSSR count). The van der Waals surface area contributed by atoms with E-state index >= 15 is 0 Å². The topological polar surface area (TPSA) is 55.6 Å². The number of halogens is 1. The van der Waals surface area contributed by atoms with Crippen molar-refractivity contribution in [2.24, 2.45) is 0 Å². The third kappa shape index (κ3) is 2.94. The van der Waals surface area contributed by atoms with Crippen molar-refractivity contribution in [1.82, 2.24) is 10.1 Å². The van der Waals surface area contributed by atoms with E-state index in [0.29, 0.717) is 36.6 Å². The van der Waals surface area contributed by atoms with Gasteiger partial charge in [-0.2, -0.15) is 0 Å². The number of amides is 1. The van der Waals surface area contributed by atoms with Crippen LogP contribution in [-0.2, 0) is 13.0 Å². The third-order valence-electron chi connectivity index (χ3n) is 4.57. The lowest BCUT2D eigenvalue weighted by molar-refractivity contribution is 0.0731. The molecule has 1 aliphatic rings. The molecular formula is C20H17FN2O3. The lowest BCUT2D eigenvalue weighted by Crippen LogP contribution is -2.35. The molecule has 1 aromatic heterocycles. The molecule has 0 saturated carbocycles. The van der Waals surface area contributed by atoms with Gasteiger partial charge in [-0.1, -0.05) is 5.16 Å². The number of hydrogen-bond donors (Lipinski definition) is 0. The minimum atomic E-state index is -0.293. The molecule has 2 aromatic carbocycles. The molecule has 3 aromatic rings. The summed E-state index contributed by atoms with van der Waals surface area (Å²) in [6.07, 6.45) is 0.646. The summed E-state index contributed by atoms with van der Waals surface area (Å²) in [5.74, 6) is 1.02. The Balaban J connectivity index is 1.55. The van der Waals surface area contributed by atoms with Gasteiger partial charge in [0.05, 0.1) is 13.7 Å². The van der Waals surface area contributed by atoms with Gasteiger partial charge >= 0.3 is 0 Å². The van der Waals surface area contributed by atoms with Gasteiger partial charge in [0, 0.05) is 23.2 Å². The van der Waals surface area contributed by atoms with E-state index in [1.165, 1.54) is 12.1 Å². The van der Waals surface area contributed by atoms with E-state index in [1.54, 1.807) is 48.4 Å². The summed E-state index contributed by atoms with van der Waals surface area (Å²) in [4.78, 5) is 14.5. The van der Waals surface area contributed by atoms with E-state index < -0.39 is 0 Å². The first-order chi connectivity index (χ1) is 12.7. The number of benzene rings is 2. The second-order valence-electron chi connectivity index (χ2n) is 6.15. The van der Waals surface area contributed by atoms with E-state index in [4.69, 9.17) is 9.26 Å². The normalized spacial score (nSPS) is 13.4. The molecule has 0 spiro atoms. The van der Waals surface area contributed by atoms with Crippen molar-refractivity contribution in [2.75, 3.05) is 13.7 Å². The smallest absolute Gasteiger partial charge is 0.254 e. The standard InChI is InChI=1S/C20H17FN2O3/c1-25-16-8-4-14(5-9-16)20(24)23-11-10-17-18(12-23)22-26-19(17)13-2-6-15(21)7-3-13/h2-9H,10-12H2,1H3. The van der Waals surface area contributed by atoms with Crippen LogP contribution in [-0.4, -0.2) is 29.6 Å². The number of methoxy groups -OCH3 is 1. The quantitative estimate of drug-likeness (QED) is 0.721. The van der Waals surface area contributed by atoms with Crippen molar-refractivity contribution >= 4 is 5.91 Å². The summed E-state index contributed by atoms with van der Waals surface area (Å²) < 4.78 is 23.7. The van der Waals surface area contributed by atoms with Gasteiger partial charge in [0.15, 0.2) is 5.76 Å². The Kier molecular flexibility index (Phi) is 4.16. The number of carbonyl (C=O) groups is 1. The van der Waals surface area contributed by atoms with Crippen LogP contribution in [0.1, 0.15) is 21.6 Å². The molecule has 1 amide bonds. The Morgan fingerprint density at radius 2 is 1.88 bits per heavy atom. The summed E-state index contributed by atoms with van der Waals surface area (Å²) in [6, 6.07) is 13.2. The molecule has 0 fully saturated rings. The second-order valence-corrected chi connectivity index (χ2v) is 6.15. The molecule has 26 heavy (non-hydrogen) atoms. The maximum Gasteiger partial charge on any atom is 0.254 e. The molecule has 5 nitrogen and oxygen atoms in total. The van der Waals surface area contributed by atoms with Gasteiger partial charge in [0.1, 0.15) is 17.3 Å². The highest BCUT2D eigenvalue weighted by Crippen LogP contribution is 2.31. The van der Waals surface area contributed by atoms with Crippen molar-refractivity contribution in [3.05, 3.63) is 71.2 Å². The zero-order valence-electron chi connectivity index (χ0n) is 14.2.